The molecule has 2 aromatic rings. The molecule has 5 heteroatoms. The van der Waals surface area contributed by atoms with Gasteiger partial charge >= 0.3 is 12.1 Å². The van der Waals surface area contributed by atoms with Gasteiger partial charge in [0.25, 0.3) is 0 Å². The summed E-state index contributed by atoms with van der Waals surface area (Å²) < 4.78 is 83.8. The van der Waals surface area contributed by atoms with Gasteiger partial charge in [-0.15, -0.1) is 0 Å². The molecule has 0 aliphatic heterocycles. The molecule has 0 radical (unpaired) electrons. The fourth-order valence-corrected chi connectivity index (χ4v) is 3.42. The zero-order valence-corrected chi connectivity index (χ0v) is 15.5. The number of halogens is 3. The van der Waals surface area contributed by atoms with Crippen molar-refractivity contribution in [2.45, 2.75) is 57.5 Å². The van der Waals surface area contributed by atoms with Crippen molar-refractivity contribution in [1.29, 1.82) is 0 Å². The van der Waals surface area contributed by atoms with Gasteiger partial charge in [-0.3, -0.25) is 0 Å². The van der Waals surface area contributed by atoms with Crippen molar-refractivity contribution in [3.63, 3.8) is 0 Å². The minimum Gasteiger partial charge on any atom is -0.419 e. The molecule has 0 heterocycles. The molecule has 3 rings (SSSR count). The Morgan fingerprint density at radius 3 is 2.04 bits per heavy atom. The first kappa shape index (κ1) is 13.8. The average Bonchev–Trinajstić information content (AvgIpc) is 2.68. The summed E-state index contributed by atoms with van der Waals surface area (Å²) in [4.78, 5) is 11.7. The topological polar surface area (TPSA) is 26.3 Å². The van der Waals surface area contributed by atoms with Crippen molar-refractivity contribution in [2.75, 3.05) is 0 Å². The Morgan fingerprint density at radius 1 is 1.00 bits per heavy atom. The summed E-state index contributed by atoms with van der Waals surface area (Å²) in [5, 5.41) is 0. The third-order valence-electron chi connectivity index (χ3n) is 5.16. The fraction of sp³-hybridized carbons (Fsp3) is 0.409. The molecule has 0 spiro atoms. The van der Waals surface area contributed by atoms with E-state index in [0.717, 1.165) is 18.4 Å². The van der Waals surface area contributed by atoms with Gasteiger partial charge in [0.15, 0.2) is 0 Å². The molecule has 0 fully saturated rings. The predicted molar refractivity (Wildman–Crippen MR) is 98.9 cm³/mol. The van der Waals surface area contributed by atoms with Gasteiger partial charge in [0, 0.05) is 5.56 Å². The highest BCUT2D eigenvalue weighted by Crippen LogP contribution is 2.49. The minimum atomic E-state index is -5.26. The van der Waals surface area contributed by atoms with E-state index in [9.17, 15) is 18.0 Å². The number of carbonyl (C=O) groups excluding carboxylic acids is 1. The third-order valence-corrected chi connectivity index (χ3v) is 5.16. The van der Waals surface area contributed by atoms with Crippen molar-refractivity contribution < 1.29 is 29.6 Å². The highest BCUT2D eigenvalue weighted by molar-refractivity contribution is 5.82. The van der Waals surface area contributed by atoms with Gasteiger partial charge in [0.1, 0.15) is 5.75 Å². The quantitative estimate of drug-likeness (QED) is 0.459. The molecular weight excluding hydrogens is 353 g/mol. The summed E-state index contributed by atoms with van der Waals surface area (Å²) in [6, 6.07) is -0.227. The number of ether oxygens (including phenoxy) is 1. The molecule has 2 nitrogen and oxygen atoms in total. The van der Waals surface area contributed by atoms with Gasteiger partial charge in [-0.25, -0.2) is 4.79 Å². The van der Waals surface area contributed by atoms with E-state index >= 15 is 0 Å². The Morgan fingerprint density at radius 2 is 1.52 bits per heavy atom. The van der Waals surface area contributed by atoms with E-state index in [2.05, 4.69) is 0 Å². The van der Waals surface area contributed by atoms with Gasteiger partial charge < -0.3 is 4.74 Å². The number of alkyl halides is 3. The van der Waals surface area contributed by atoms with Gasteiger partial charge in [-0.1, -0.05) is 57.9 Å². The molecule has 0 saturated carbocycles. The Labute approximate surface area is 164 Å². The fourth-order valence-electron chi connectivity index (χ4n) is 3.42. The van der Waals surface area contributed by atoms with Crippen molar-refractivity contribution in [2.24, 2.45) is 0 Å². The van der Waals surface area contributed by atoms with E-state index in [0.29, 0.717) is 5.56 Å². The summed E-state index contributed by atoms with van der Waals surface area (Å²) in [6.07, 6.45) is -3.75. The van der Waals surface area contributed by atoms with Crippen LogP contribution in [0, 0.1) is 0 Å². The van der Waals surface area contributed by atoms with E-state index < -0.39 is 53.5 Å². The van der Waals surface area contributed by atoms with Crippen LogP contribution in [0.3, 0.4) is 0 Å². The zero-order chi connectivity index (χ0) is 24.4. The van der Waals surface area contributed by atoms with E-state index in [4.69, 9.17) is 11.6 Å². The molecule has 27 heavy (non-hydrogen) atoms. The van der Waals surface area contributed by atoms with E-state index in [1.54, 1.807) is 0 Å². The van der Waals surface area contributed by atoms with Crippen molar-refractivity contribution in [3.8, 4) is 16.9 Å². The van der Waals surface area contributed by atoms with Crippen LogP contribution in [-0.2, 0) is 15.6 Å². The van der Waals surface area contributed by atoms with Crippen LogP contribution >= 0.6 is 0 Å². The molecule has 0 saturated heterocycles. The standard InChI is InChI=1S/C22H23F3O2/c1-20(2)10-11-21(3,4)17-13-18(27-19(26)22(23,24)25)15(12-16(17)20)14-8-6-5-7-9-14/h5-9,12-13H,10-11H2,1-4H3/i5D,6D,7D,8D,9D. The lowest BCUT2D eigenvalue weighted by Crippen LogP contribution is -2.34. The lowest BCUT2D eigenvalue weighted by molar-refractivity contribution is -0.189. The monoisotopic (exact) mass is 381 g/mol. The first-order valence-electron chi connectivity index (χ1n) is 11.0. The smallest absolute Gasteiger partial charge is 0.419 e. The maximum atomic E-state index is 13.0. The number of carbonyl (C=O) groups is 1. The summed E-state index contributed by atoms with van der Waals surface area (Å²) in [7, 11) is 0. The van der Waals surface area contributed by atoms with Crippen LogP contribution in [0.2, 0.25) is 0 Å². The molecule has 0 aromatic heterocycles. The number of hydrogen-bond acceptors (Lipinski definition) is 2. The summed E-state index contributed by atoms with van der Waals surface area (Å²) >= 11 is 0. The van der Waals surface area contributed by atoms with Gasteiger partial charge in [0.05, 0.1) is 6.85 Å². The normalized spacial score (nSPS) is 20.5. The van der Waals surface area contributed by atoms with E-state index in [1.807, 2.05) is 27.7 Å². The maximum absolute atomic E-state index is 13.0. The van der Waals surface area contributed by atoms with Gasteiger partial charge in [0.2, 0.25) is 0 Å². The second-order valence-electron chi connectivity index (χ2n) is 8.05. The molecule has 2 aromatic carbocycles. The molecule has 0 unspecified atom stereocenters. The first-order chi connectivity index (χ1) is 14.5. The number of esters is 1. The van der Waals surface area contributed by atoms with E-state index in [-0.39, 0.29) is 16.5 Å². The van der Waals surface area contributed by atoms with Gasteiger partial charge in [-0.05, 0) is 52.5 Å². The minimum absolute atomic E-state index is 0.149. The molecular formula is C22H23F3O2. The summed E-state index contributed by atoms with van der Waals surface area (Å²) in [6.45, 7) is 7.80. The summed E-state index contributed by atoms with van der Waals surface area (Å²) in [5.74, 6) is -2.94. The van der Waals surface area contributed by atoms with E-state index in [1.165, 1.54) is 12.1 Å². The predicted octanol–water partition coefficient (Wildman–Crippen LogP) is 6.17. The Hall–Kier alpha value is -2.30. The lowest BCUT2D eigenvalue weighted by Gasteiger charge is -2.42. The number of fused-ring (bicyclic) bond motifs is 1. The second kappa shape index (κ2) is 6.39. The maximum Gasteiger partial charge on any atom is 0.491 e. The van der Waals surface area contributed by atoms with Crippen LogP contribution in [0.25, 0.3) is 11.1 Å². The lowest BCUT2D eigenvalue weighted by atomic mass is 9.62. The van der Waals surface area contributed by atoms with Crippen LogP contribution in [-0.4, -0.2) is 12.1 Å². The molecule has 0 N–H and O–H groups in total. The third kappa shape index (κ3) is 3.73. The molecule has 0 atom stereocenters. The molecule has 0 amide bonds. The number of benzene rings is 2. The van der Waals surface area contributed by atoms with Crippen molar-refractivity contribution in [1.82, 2.24) is 0 Å². The Bertz CT molecular complexity index is 1090. The van der Waals surface area contributed by atoms with Crippen molar-refractivity contribution >= 4 is 5.97 Å². The van der Waals surface area contributed by atoms with Crippen LogP contribution in [0.15, 0.2) is 42.3 Å². The SMILES string of the molecule is [2H]c1c([2H])c([2H])c(-c2cc3c(cc2OC(=O)C(F)(F)F)C(C)(C)CCC3(C)C)c([2H])c1[2H]. The van der Waals surface area contributed by atoms with Crippen LogP contribution < -0.4 is 4.74 Å². The largest absolute Gasteiger partial charge is 0.491 e. The molecule has 144 valence electrons. The van der Waals surface area contributed by atoms with Crippen molar-refractivity contribution in [3.05, 3.63) is 53.5 Å². The highest BCUT2D eigenvalue weighted by atomic mass is 19.4. The second-order valence-corrected chi connectivity index (χ2v) is 8.05. The Kier molecular flexibility index (Phi) is 3.27. The molecule has 1 aliphatic rings. The first-order valence-corrected chi connectivity index (χ1v) is 8.54. The van der Waals surface area contributed by atoms with Crippen LogP contribution in [0.1, 0.15) is 58.5 Å². The van der Waals surface area contributed by atoms with Crippen LogP contribution in [0.4, 0.5) is 13.2 Å². The average molecular weight is 381 g/mol. The summed E-state index contributed by atoms with van der Waals surface area (Å²) in [5.41, 5.74) is 0.173. The molecule has 1 aliphatic carbocycles. The van der Waals surface area contributed by atoms with Crippen LogP contribution in [0.5, 0.6) is 5.75 Å². The number of rotatable bonds is 2. The zero-order valence-electron chi connectivity index (χ0n) is 20.5. The number of hydrogen-bond donors (Lipinski definition) is 0. The molecule has 0 bridgehead atoms. The Balaban J connectivity index is 2.42. The van der Waals surface area contributed by atoms with Gasteiger partial charge in [-0.2, -0.15) is 13.2 Å². The highest BCUT2D eigenvalue weighted by Gasteiger charge is 2.43.